The number of aromatic amines is 1. The van der Waals surface area contributed by atoms with Crippen LogP contribution in [0, 0.1) is 0 Å². The van der Waals surface area contributed by atoms with E-state index >= 15 is 0 Å². The van der Waals surface area contributed by atoms with Gasteiger partial charge in [-0.2, -0.15) is 0 Å². The predicted molar refractivity (Wildman–Crippen MR) is 77.0 cm³/mol. The van der Waals surface area contributed by atoms with Crippen molar-refractivity contribution < 1.29 is 0 Å². The first kappa shape index (κ1) is 12.5. The Morgan fingerprint density at radius 1 is 1.11 bits per heavy atom. The molecule has 2 aromatic heterocycles. The SMILES string of the molecule is CC.O=c1[nH]c2ccccc2nc1-c1cccs1. The number of nitrogens with zero attached hydrogens (tertiary/aromatic N) is 1. The lowest BCUT2D eigenvalue weighted by Gasteiger charge is -1.99. The van der Waals surface area contributed by atoms with Gasteiger partial charge in [-0.15, -0.1) is 11.3 Å². The fraction of sp³-hybridized carbons (Fsp3) is 0.143. The van der Waals surface area contributed by atoms with E-state index in [9.17, 15) is 4.79 Å². The van der Waals surface area contributed by atoms with E-state index in [1.54, 1.807) is 0 Å². The van der Waals surface area contributed by atoms with Crippen LogP contribution in [0.25, 0.3) is 21.6 Å². The zero-order valence-corrected chi connectivity index (χ0v) is 11.1. The van der Waals surface area contributed by atoms with Crippen molar-refractivity contribution in [1.82, 2.24) is 9.97 Å². The smallest absolute Gasteiger partial charge is 0.275 e. The van der Waals surface area contributed by atoms with E-state index in [1.807, 2.05) is 55.6 Å². The van der Waals surface area contributed by atoms with Gasteiger partial charge in [0.2, 0.25) is 0 Å². The average molecular weight is 258 g/mol. The van der Waals surface area contributed by atoms with Crippen LogP contribution < -0.4 is 5.56 Å². The van der Waals surface area contributed by atoms with Gasteiger partial charge in [-0.25, -0.2) is 4.98 Å². The number of nitrogens with one attached hydrogen (secondary N) is 1. The molecule has 3 nitrogen and oxygen atoms in total. The number of fused-ring (bicyclic) bond motifs is 1. The van der Waals surface area contributed by atoms with Crippen LogP contribution in [0.2, 0.25) is 0 Å². The molecule has 0 bridgehead atoms. The second-order valence-electron chi connectivity index (χ2n) is 3.41. The topological polar surface area (TPSA) is 45.8 Å². The highest BCUT2D eigenvalue weighted by Gasteiger charge is 2.07. The van der Waals surface area contributed by atoms with E-state index in [-0.39, 0.29) is 5.56 Å². The first-order valence-corrected chi connectivity index (χ1v) is 6.75. The Bertz CT molecular complexity index is 686. The molecule has 1 aromatic carbocycles. The lowest BCUT2D eigenvalue weighted by atomic mass is 10.3. The van der Waals surface area contributed by atoms with Crippen molar-refractivity contribution in [2.24, 2.45) is 0 Å². The largest absolute Gasteiger partial charge is 0.319 e. The van der Waals surface area contributed by atoms with Gasteiger partial charge >= 0.3 is 0 Å². The highest BCUT2D eigenvalue weighted by Crippen LogP contribution is 2.20. The van der Waals surface area contributed by atoms with Gasteiger partial charge in [0.1, 0.15) is 5.69 Å². The monoisotopic (exact) mass is 258 g/mol. The zero-order valence-electron chi connectivity index (χ0n) is 10.3. The number of hydrogen-bond donors (Lipinski definition) is 1. The summed E-state index contributed by atoms with van der Waals surface area (Å²) in [6.07, 6.45) is 0. The molecule has 0 radical (unpaired) electrons. The summed E-state index contributed by atoms with van der Waals surface area (Å²) in [5.41, 5.74) is 1.94. The molecule has 4 heteroatoms. The maximum Gasteiger partial charge on any atom is 0.275 e. The molecule has 0 saturated carbocycles. The molecule has 2 heterocycles. The van der Waals surface area contributed by atoms with Crippen LogP contribution in [0.4, 0.5) is 0 Å². The van der Waals surface area contributed by atoms with Gasteiger partial charge < -0.3 is 4.98 Å². The summed E-state index contributed by atoms with van der Waals surface area (Å²) in [5.74, 6) is 0. The summed E-state index contributed by atoms with van der Waals surface area (Å²) < 4.78 is 0. The van der Waals surface area contributed by atoms with Crippen LogP contribution in [0.1, 0.15) is 13.8 Å². The van der Waals surface area contributed by atoms with E-state index in [2.05, 4.69) is 9.97 Å². The summed E-state index contributed by atoms with van der Waals surface area (Å²) in [5, 5.41) is 1.94. The Kier molecular flexibility index (Phi) is 3.89. The van der Waals surface area contributed by atoms with E-state index in [1.165, 1.54) is 11.3 Å². The van der Waals surface area contributed by atoms with Crippen molar-refractivity contribution in [3.05, 3.63) is 52.1 Å². The maximum atomic E-state index is 11.8. The third-order valence-electron chi connectivity index (χ3n) is 2.35. The number of benzene rings is 1. The molecule has 1 N–H and O–H groups in total. The highest BCUT2D eigenvalue weighted by molar-refractivity contribution is 7.13. The number of para-hydroxylation sites is 2. The highest BCUT2D eigenvalue weighted by atomic mass is 32.1. The Hall–Kier alpha value is -1.94. The molecule has 0 spiro atoms. The molecule has 0 aliphatic rings. The molecule has 0 unspecified atom stereocenters. The van der Waals surface area contributed by atoms with Crippen LogP contribution in [-0.4, -0.2) is 9.97 Å². The second-order valence-corrected chi connectivity index (χ2v) is 4.36. The first-order valence-electron chi connectivity index (χ1n) is 5.87. The van der Waals surface area contributed by atoms with Gasteiger partial charge in [0.05, 0.1) is 15.9 Å². The van der Waals surface area contributed by atoms with Crippen molar-refractivity contribution in [3.8, 4) is 10.6 Å². The molecule has 18 heavy (non-hydrogen) atoms. The molecule has 92 valence electrons. The average Bonchev–Trinajstić information content (AvgIpc) is 2.94. The van der Waals surface area contributed by atoms with Crippen LogP contribution in [0.5, 0.6) is 0 Å². The fourth-order valence-electron chi connectivity index (χ4n) is 1.61. The van der Waals surface area contributed by atoms with Crippen LogP contribution >= 0.6 is 11.3 Å². The number of hydrogen-bond acceptors (Lipinski definition) is 3. The van der Waals surface area contributed by atoms with E-state index in [4.69, 9.17) is 0 Å². The number of H-pyrrole nitrogens is 1. The maximum absolute atomic E-state index is 11.8. The standard InChI is InChI=1S/C12H8N2OS.C2H6/c15-12-11(10-6-3-7-16-10)13-8-4-1-2-5-9(8)14-12;1-2/h1-7H,(H,14,15);1-2H3. The first-order chi connectivity index (χ1) is 8.84. The van der Waals surface area contributed by atoms with Gasteiger partial charge in [0.25, 0.3) is 5.56 Å². The van der Waals surface area contributed by atoms with E-state index in [0.29, 0.717) is 5.69 Å². The third kappa shape index (κ3) is 2.33. The second kappa shape index (κ2) is 5.60. The molecule has 3 rings (SSSR count). The Morgan fingerprint density at radius 3 is 2.61 bits per heavy atom. The fourth-order valence-corrected chi connectivity index (χ4v) is 2.32. The minimum atomic E-state index is -0.138. The Balaban J connectivity index is 0.000000574. The van der Waals surface area contributed by atoms with Crippen molar-refractivity contribution in [3.63, 3.8) is 0 Å². The number of thiophene rings is 1. The quantitative estimate of drug-likeness (QED) is 0.723. The molecule has 0 aliphatic heterocycles. The molecular weight excluding hydrogens is 244 g/mol. The van der Waals surface area contributed by atoms with Gasteiger partial charge in [-0.3, -0.25) is 4.79 Å². The van der Waals surface area contributed by atoms with Crippen molar-refractivity contribution >= 4 is 22.4 Å². The van der Waals surface area contributed by atoms with Crippen molar-refractivity contribution in [2.75, 3.05) is 0 Å². The normalized spacial score (nSPS) is 9.89. The molecule has 0 atom stereocenters. The summed E-state index contributed by atoms with van der Waals surface area (Å²) in [7, 11) is 0. The lowest BCUT2D eigenvalue weighted by molar-refractivity contribution is 1.23. The molecular formula is C14H14N2OS. The van der Waals surface area contributed by atoms with Gasteiger partial charge in [-0.1, -0.05) is 32.0 Å². The van der Waals surface area contributed by atoms with Crippen LogP contribution in [-0.2, 0) is 0 Å². The Morgan fingerprint density at radius 2 is 1.89 bits per heavy atom. The van der Waals surface area contributed by atoms with E-state index in [0.717, 1.165) is 15.9 Å². The summed E-state index contributed by atoms with van der Waals surface area (Å²) in [6.45, 7) is 4.00. The van der Waals surface area contributed by atoms with Crippen molar-refractivity contribution in [2.45, 2.75) is 13.8 Å². The molecule has 3 aromatic rings. The molecule has 0 aliphatic carbocycles. The number of rotatable bonds is 1. The van der Waals surface area contributed by atoms with Crippen LogP contribution in [0.15, 0.2) is 46.6 Å². The van der Waals surface area contributed by atoms with Gasteiger partial charge in [0.15, 0.2) is 0 Å². The predicted octanol–water partition coefficient (Wildman–Crippen LogP) is 3.68. The molecule has 0 fully saturated rings. The zero-order chi connectivity index (χ0) is 13.0. The summed E-state index contributed by atoms with van der Waals surface area (Å²) in [6, 6.07) is 11.3. The number of aromatic nitrogens is 2. The lowest BCUT2D eigenvalue weighted by Crippen LogP contribution is -2.10. The minimum Gasteiger partial charge on any atom is -0.319 e. The third-order valence-corrected chi connectivity index (χ3v) is 3.23. The Labute approximate surface area is 109 Å². The summed E-state index contributed by atoms with van der Waals surface area (Å²) in [4.78, 5) is 19.9. The van der Waals surface area contributed by atoms with Crippen LogP contribution in [0.3, 0.4) is 0 Å². The van der Waals surface area contributed by atoms with Gasteiger partial charge in [-0.05, 0) is 23.6 Å². The molecule has 0 amide bonds. The van der Waals surface area contributed by atoms with Crippen molar-refractivity contribution in [1.29, 1.82) is 0 Å². The molecule has 0 saturated heterocycles. The minimum absolute atomic E-state index is 0.138. The van der Waals surface area contributed by atoms with E-state index < -0.39 is 0 Å². The van der Waals surface area contributed by atoms with Gasteiger partial charge in [0, 0.05) is 0 Å². The summed E-state index contributed by atoms with van der Waals surface area (Å²) >= 11 is 1.52.